The number of nitriles is 1. The van der Waals surface area contributed by atoms with Gasteiger partial charge in [0, 0.05) is 80.3 Å². The van der Waals surface area contributed by atoms with Gasteiger partial charge in [-0.3, -0.25) is 14.6 Å². The first-order valence-corrected chi connectivity index (χ1v) is 14.9. The molecule has 0 radical (unpaired) electrons. The molecule has 2 saturated heterocycles. The molecule has 0 aromatic rings. The molecule has 8 nitrogen and oxygen atoms in total. The number of amides is 2. The number of nitrogens with two attached hydrogens (primary N) is 1. The minimum absolute atomic E-state index is 0.0298. The van der Waals surface area contributed by atoms with Crippen molar-refractivity contribution in [3.63, 3.8) is 0 Å². The molecular weight excluding hydrogens is 526 g/mol. The first-order chi connectivity index (χ1) is 20.5. The molecule has 5 rings (SSSR count). The molecule has 218 valence electrons. The lowest BCUT2D eigenvalue weighted by molar-refractivity contribution is -0.141. The van der Waals surface area contributed by atoms with Crippen LogP contribution in [-0.2, 0) is 14.3 Å². The number of nitrogens with zero attached hydrogens (tertiary/aromatic N) is 4. The Bertz CT molecular complexity index is 1360. The van der Waals surface area contributed by atoms with Crippen LogP contribution < -0.4 is 5.73 Å². The molecule has 0 bridgehead atoms. The predicted molar refractivity (Wildman–Crippen MR) is 163 cm³/mol. The van der Waals surface area contributed by atoms with Crippen LogP contribution in [0.1, 0.15) is 32.1 Å². The SMILES string of the molecule is C=C/C(=C\C=C/N)C(=O)N1CCC(C(=O)N2CCC(OC3=CC(C4C=C(C#N)C=CC4)=CC4C=CN=CC34)CC2)CC1. The number of fused-ring (bicyclic) bond motifs is 1. The second-order valence-corrected chi connectivity index (χ2v) is 11.4. The van der Waals surface area contributed by atoms with Crippen molar-refractivity contribution in [2.45, 2.75) is 38.2 Å². The molecule has 3 unspecified atom stereocenters. The van der Waals surface area contributed by atoms with Crippen molar-refractivity contribution in [3.8, 4) is 6.07 Å². The van der Waals surface area contributed by atoms with Crippen LogP contribution >= 0.6 is 0 Å². The van der Waals surface area contributed by atoms with Crippen molar-refractivity contribution < 1.29 is 14.3 Å². The molecule has 0 aromatic heterocycles. The summed E-state index contributed by atoms with van der Waals surface area (Å²) in [5, 5.41) is 9.38. The van der Waals surface area contributed by atoms with E-state index < -0.39 is 0 Å². The fourth-order valence-electron chi connectivity index (χ4n) is 6.34. The molecule has 2 N–H and O–H groups in total. The van der Waals surface area contributed by atoms with E-state index in [0.717, 1.165) is 25.0 Å². The molecule has 5 aliphatic rings. The lowest BCUT2D eigenvalue weighted by atomic mass is 9.78. The lowest BCUT2D eigenvalue weighted by Crippen LogP contribution is -2.47. The molecule has 8 heteroatoms. The van der Waals surface area contributed by atoms with E-state index in [4.69, 9.17) is 10.5 Å². The molecule has 3 heterocycles. The molecule has 2 amide bonds. The number of ether oxygens (including phenoxy) is 1. The van der Waals surface area contributed by atoms with Gasteiger partial charge in [-0.25, -0.2) is 0 Å². The van der Waals surface area contributed by atoms with Crippen LogP contribution in [0.3, 0.4) is 0 Å². The van der Waals surface area contributed by atoms with E-state index in [0.29, 0.717) is 50.2 Å². The highest BCUT2D eigenvalue weighted by molar-refractivity contribution is 5.96. The van der Waals surface area contributed by atoms with Crippen LogP contribution in [0.15, 0.2) is 101 Å². The van der Waals surface area contributed by atoms with Crippen molar-refractivity contribution in [3.05, 3.63) is 96.1 Å². The summed E-state index contributed by atoms with van der Waals surface area (Å²) in [4.78, 5) is 34.3. The van der Waals surface area contributed by atoms with Gasteiger partial charge in [0.2, 0.25) is 5.91 Å². The van der Waals surface area contributed by atoms with Crippen LogP contribution in [0.5, 0.6) is 0 Å². The second kappa shape index (κ2) is 13.5. The zero-order valence-corrected chi connectivity index (χ0v) is 24.0. The topological polar surface area (TPSA) is 112 Å². The lowest BCUT2D eigenvalue weighted by Gasteiger charge is -2.38. The van der Waals surface area contributed by atoms with Crippen LogP contribution in [0.25, 0.3) is 0 Å². The number of carbonyl (C=O) groups is 2. The fraction of sp³-hybridized carbons (Fsp3) is 0.412. The maximum Gasteiger partial charge on any atom is 0.253 e. The van der Waals surface area contributed by atoms with Crippen LogP contribution in [0, 0.1) is 35.0 Å². The Balaban J connectivity index is 1.15. The molecule has 3 atom stereocenters. The molecule has 0 saturated carbocycles. The summed E-state index contributed by atoms with van der Waals surface area (Å²) in [5.74, 6) is 1.35. The zero-order valence-electron chi connectivity index (χ0n) is 24.0. The zero-order chi connectivity index (χ0) is 29.5. The first kappa shape index (κ1) is 29.1. The van der Waals surface area contributed by atoms with Crippen LogP contribution in [-0.4, -0.2) is 60.1 Å². The minimum Gasteiger partial charge on any atom is -0.494 e. The summed E-state index contributed by atoms with van der Waals surface area (Å²) in [6, 6.07) is 2.26. The largest absolute Gasteiger partial charge is 0.494 e. The number of piperidine rings is 2. The summed E-state index contributed by atoms with van der Waals surface area (Å²) in [6.07, 6.45) is 26.3. The summed E-state index contributed by atoms with van der Waals surface area (Å²) in [6.45, 7) is 6.17. The number of allylic oxidation sites excluding steroid dienone is 11. The average molecular weight is 566 g/mol. The molecule has 2 aliphatic carbocycles. The van der Waals surface area contributed by atoms with Crippen LogP contribution in [0.2, 0.25) is 0 Å². The number of aliphatic imine (C=N–C) groups is 1. The van der Waals surface area contributed by atoms with E-state index in [1.165, 1.54) is 11.8 Å². The first-order valence-electron chi connectivity index (χ1n) is 14.9. The van der Waals surface area contributed by atoms with Gasteiger partial charge >= 0.3 is 0 Å². The van der Waals surface area contributed by atoms with Gasteiger partial charge in [0.15, 0.2) is 0 Å². The Hall–Kier alpha value is -4.38. The number of rotatable bonds is 7. The van der Waals surface area contributed by atoms with E-state index in [-0.39, 0.29) is 41.6 Å². The predicted octanol–water partition coefficient (Wildman–Crippen LogP) is 4.50. The Kier molecular flexibility index (Phi) is 9.38. The number of likely N-dealkylation sites (tertiary alicyclic amines) is 2. The van der Waals surface area contributed by atoms with E-state index in [2.05, 4.69) is 41.9 Å². The van der Waals surface area contributed by atoms with Gasteiger partial charge in [-0.1, -0.05) is 37.0 Å². The van der Waals surface area contributed by atoms with Gasteiger partial charge in [0.25, 0.3) is 5.91 Å². The highest BCUT2D eigenvalue weighted by Crippen LogP contribution is 2.38. The van der Waals surface area contributed by atoms with E-state index in [1.807, 2.05) is 29.5 Å². The Morgan fingerprint density at radius 1 is 1.12 bits per heavy atom. The number of hydrogen-bond acceptors (Lipinski definition) is 6. The average Bonchev–Trinajstić information content (AvgIpc) is 3.05. The van der Waals surface area contributed by atoms with Crippen molar-refractivity contribution in [2.24, 2.45) is 34.4 Å². The number of hydrogen-bond donors (Lipinski definition) is 1. The van der Waals surface area contributed by atoms with Crippen molar-refractivity contribution in [1.29, 1.82) is 5.26 Å². The molecular formula is C34H39N5O3. The van der Waals surface area contributed by atoms with Gasteiger partial charge < -0.3 is 20.3 Å². The number of carbonyl (C=O) groups excluding carboxylic acids is 2. The van der Waals surface area contributed by atoms with Crippen molar-refractivity contribution >= 4 is 18.0 Å². The quantitative estimate of drug-likeness (QED) is 0.361. The molecule has 2 fully saturated rings. The molecule has 0 spiro atoms. The van der Waals surface area contributed by atoms with Crippen molar-refractivity contribution in [1.82, 2.24) is 9.80 Å². The Morgan fingerprint density at radius 3 is 2.60 bits per heavy atom. The maximum atomic E-state index is 13.4. The van der Waals surface area contributed by atoms with E-state index in [9.17, 15) is 14.9 Å². The molecule has 0 aromatic carbocycles. The second-order valence-electron chi connectivity index (χ2n) is 11.4. The van der Waals surface area contributed by atoms with Gasteiger partial charge in [-0.15, -0.1) is 0 Å². The van der Waals surface area contributed by atoms with Crippen molar-refractivity contribution in [2.75, 3.05) is 26.2 Å². The summed E-state index contributed by atoms with van der Waals surface area (Å²) in [7, 11) is 0. The highest BCUT2D eigenvalue weighted by Gasteiger charge is 2.35. The summed E-state index contributed by atoms with van der Waals surface area (Å²) < 4.78 is 6.63. The van der Waals surface area contributed by atoms with Gasteiger partial charge in [-0.05, 0) is 55.3 Å². The van der Waals surface area contributed by atoms with Gasteiger partial charge in [-0.2, -0.15) is 5.26 Å². The Morgan fingerprint density at radius 2 is 1.88 bits per heavy atom. The monoisotopic (exact) mass is 565 g/mol. The van der Waals surface area contributed by atoms with Crippen LogP contribution in [0.4, 0.5) is 0 Å². The van der Waals surface area contributed by atoms with E-state index >= 15 is 0 Å². The standard InChI is InChI=1S/C34H39N5O3/c1-2-25(7-4-13-35)33(40)38-15-9-26(10-16-38)34(41)39-17-11-30(12-18-39)42-32-21-29(20-28-8-14-37-23-31(28)32)27-6-3-5-24(19-27)22-36/h2-5,7-8,13-14,19-21,23,26-28,30-31H,1,6,9-12,15-18,35H2/b13-4-,25-7+. The van der Waals surface area contributed by atoms with Gasteiger partial charge in [0.1, 0.15) is 11.9 Å². The molecule has 3 aliphatic heterocycles. The smallest absolute Gasteiger partial charge is 0.253 e. The molecule has 42 heavy (non-hydrogen) atoms. The third kappa shape index (κ3) is 6.57. The Labute approximate surface area is 248 Å². The third-order valence-electron chi connectivity index (χ3n) is 8.75. The minimum atomic E-state index is -0.0794. The maximum absolute atomic E-state index is 13.4. The van der Waals surface area contributed by atoms with E-state index in [1.54, 1.807) is 23.1 Å². The summed E-state index contributed by atoms with van der Waals surface area (Å²) >= 11 is 0. The summed E-state index contributed by atoms with van der Waals surface area (Å²) in [5.41, 5.74) is 7.76. The fourth-order valence-corrected chi connectivity index (χ4v) is 6.34. The highest BCUT2D eigenvalue weighted by atomic mass is 16.5. The van der Waals surface area contributed by atoms with Gasteiger partial charge in [0.05, 0.1) is 12.0 Å². The normalized spacial score (nSPS) is 26.7. The third-order valence-corrected chi connectivity index (χ3v) is 8.75.